The number of morpholine rings is 1. The third-order valence-corrected chi connectivity index (χ3v) is 4.71. The van der Waals surface area contributed by atoms with Crippen LogP contribution in [0.4, 0.5) is 0 Å². The molecule has 2 atom stereocenters. The minimum Gasteiger partial charge on any atom is -0.482 e. The highest BCUT2D eigenvalue weighted by molar-refractivity contribution is 5.68. The maximum Gasteiger partial charge on any atom is 0.341 e. The van der Waals surface area contributed by atoms with Crippen molar-refractivity contribution in [3.63, 3.8) is 0 Å². The highest BCUT2D eigenvalue weighted by atomic mass is 16.5. The zero-order valence-corrected chi connectivity index (χ0v) is 15.0. The van der Waals surface area contributed by atoms with Crippen LogP contribution in [0, 0.1) is 0 Å². The Kier molecular flexibility index (Phi) is 6.26. The van der Waals surface area contributed by atoms with E-state index in [4.69, 9.17) is 14.6 Å². The van der Waals surface area contributed by atoms with Crippen LogP contribution in [0.15, 0.2) is 54.6 Å². The van der Waals surface area contributed by atoms with Crippen LogP contribution >= 0.6 is 0 Å². The maximum absolute atomic E-state index is 10.5. The summed E-state index contributed by atoms with van der Waals surface area (Å²) in [5.74, 6) is -0.387. The van der Waals surface area contributed by atoms with Crippen LogP contribution in [-0.2, 0) is 16.0 Å². The van der Waals surface area contributed by atoms with E-state index in [1.165, 1.54) is 11.1 Å². The summed E-state index contributed by atoms with van der Waals surface area (Å²) in [6.07, 6.45) is 1.06. The first kappa shape index (κ1) is 18.4. The fourth-order valence-electron chi connectivity index (χ4n) is 3.28. The van der Waals surface area contributed by atoms with E-state index < -0.39 is 5.97 Å². The minimum atomic E-state index is -0.969. The molecule has 5 heteroatoms. The molecule has 0 amide bonds. The Labute approximate surface area is 154 Å². The summed E-state index contributed by atoms with van der Waals surface area (Å²) >= 11 is 0. The molecule has 2 unspecified atom stereocenters. The van der Waals surface area contributed by atoms with E-state index in [-0.39, 0.29) is 12.7 Å². The molecule has 0 aliphatic carbocycles. The van der Waals surface area contributed by atoms with E-state index in [0.717, 1.165) is 26.1 Å². The summed E-state index contributed by atoms with van der Waals surface area (Å²) in [6.45, 7) is 4.49. The van der Waals surface area contributed by atoms with E-state index in [9.17, 15) is 4.79 Å². The van der Waals surface area contributed by atoms with Crippen molar-refractivity contribution in [3.8, 4) is 5.75 Å². The Hall–Kier alpha value is -2.37. The molecule has 2 aromatic carbocycles. The average Bonchev–Trinajstić information content (AvgIpc) is 2.68. The van der Waals surface area contributed by atoms with Gasteiger partial charge in [-0.1, -0.05) is 42.5 Å². The molecule has 1 aliphatic rings. The lowest BCUT2D eigenvalue weighted by atomic mass is 10.0. The molecule has 2 aromatic rings. The number of nitrogens with zero attached hydrogens (tertiary/aromatic N) is 1. The number of aliphatic carboxylic acids is 1. The Morgan fingerprint density at radius 3 is 2.65 bits per heavy atom. The van der Waals surface area contributed by atoms with Crippen LogP contribution in [0.5, 0.6) is 5.75 Å². The van der Waals surface area contributed by atoms with Crippen LogP contribution < -0.4 is 4.74 Å². The Morgan fingerprint density at radius 1 is 1.23 bits per heavy atom. The third kappa shape index (κ3) is 5.07. The number of rotatable bonds is 7. The Balaban J connectivity index is 1.55. The maximum atomic E-state index is 10.5. The first-order valence-corrected chi connectivity index (χ1v) is 8.96. The summed E-state index contributed by atoms with van der Waals surface area (Å²) in [7, 11) is 0. The first-order chi connectivity index (χ1) is 12.6. The first-order valence-electron chi connectivity index (χ1n) is 8.96. The minimum absolute atomic E-state index is 0.124. The molecule has 0 bridgehead atoms. The van der Waals surface area contributed by atoms with Crippen molar-refractivity contribution in [2.45, 2.75) is 25.5 Å². The number of hydrogen-bond acceptors (Lipinski definition) is 4. The quantitative estimate of drug-likeness (QED) is 0.827. The fourth-order valence-corrected chi connectivity index (χ4v) is 3.28. The molecule has 26 heavy (non-hydrogen) atoms. The number of carbonyl (C=O) groups is 1. The van der Waals surface area contributed by atoms with Crippen molar-refractivity contribution in [3.05, 3.63) is 65.7 Å². The summed E-state index contributed by atoms with van der Waals surface area (Å²) < 4.78 is 11.1. The van der Waals surface area contributed by atoms with Gasteiger partial charge in [0.05, 0.1) is 12.7 Å². The van der Waals surface area contributed by atoms with Gasteiger partial charge in [-0.15, -0.1) is 0 Å². The fraction of sp³-hybridized carbons (Fsp3) is 0.381. The van der Waals surface area contributed by atoms with Crippen molar-refractivity contribution in [2.75, 3.05) is 26.3 Å². The molecule has 1 aliphatic heterocycles. The molecule has 3 rings (SSSR count). The lowest BCUT2D eigenvalue weighted by molar-refractivity contribution is -0.139. The normalized spacial score (nSPS) is 19.0. The smallest absolute Gasteiger partial charge is 0.341 e. The predicted octanol–water partition coefficient (Wildman–Crippen LogP) is 3.15. The summed E-state index contributed by atoms with van der Waals surface area (Å²) in [6, 6.07) is 18.4. The zero-order valence-electron chi connectivity index (χ0n) is 15.0. The third-order valence-electron chi connectivity index (χ3n) is 4.71. The highest BCUT2D eigenvalue weighted by Crippen LogP contribution is 2.24. The van der Waals surface area contributed by atoms with Crippen molar-refractivity contribution in [2.24, 2.45) is 0 Å². The van der Waals surface area contributed by atoms with Gasteiger partial charge < -0.3 is 14.6 Å². The largest absolute Gasteiger partial charge is 0.482 e. The van der Waals surface area contributed by atoms with Crippen LogP contribution in [0.2, 0.25) is 0 Å². The van der Waals surface area contributed by atoms with Crippen molar-refractivity contribution < 1.29 is 19.4 Å². The number of carboxylic acids is 1. The van der Waals surface area contributed by atoms with Crippen LogP contribution in [0.3, 0.4) is 0 Å². The Morgan fingerprint density at radius 2 is 1.96 bits per heavy atom. The molecule has 0 spiro atoms. The summed E-state index contributed by atoms with van der Waals surface area (Å²) in [4.78, 5) is 13.0. The van der Waals surface area contributed by atoms with Gasteiger partial charge in [0.2, 0.25) is 0 Å². The van der Waals surface area contributed by atoms with E-state index in [0.29, 0.717) is 11.8 Å². The molecule has 1 saturated heterocycles. The van der Waals surface area contributed by atoms with Crippen LogP contribution in [0.1, 0.15) is 24.2 Å². The molecule has 1 heterocycles. The SMILES string of the molecule is CC(Cc1ccc(OCC(=O)O)cc1)N1CCOC(c2ccccc2)C1. The second-order valence-corrected chi connectivity index (χ2v) is 6.64. The summed E-state index contributed by atoms with van der Waals surface area (Å²) in [5, 5.41) is 8.66. The van der Waals surface area contributed by atoms with Gasteiger partial charge in [-0.05, 0) is 36.6 Å². The molecule has 138 valence electrons. The molecule has 1 N–H and O–H groups in total. The second-order valence-electron chi connectivity index (χ2n) is 6.64. The summed E-state index contributed by atoms with van der Waals surface area (Å²) in [5.41, 5.74) is 2.44. The number of ether oxygens (including phenoxy) is 2. The molecule has 0 radical (unpaired) electrons. The average molecular weight is 355 g/mol. The molecule has 0 aromatic heterocycles. The van der Waals surface area contributed by atoms with Gasteiger partial charge in [0.1, 0.15) is 5.75 Å². The van der Waals surface area contributed by atoms with Gasteiger partial charge in [-0.25, -0.2) is 4.79 Å². The van der Waals surface area contributed by atoms with Crippen molar-refractivity contribution in [1.29, 1.82) is 0 Å². The molecule has 5 nitrogen and oxygen atoms in total. The molecule has 0 saturated carbocycles. The van der Waals surface area contributed by atoms with Crippen LogP contribution in [-0.4, -0.2) is 48.3 Å². The lowest BCUT2D eigenvalue weighted by Crippen LogP contribution is -2.44. The Bertz CT molecular complexity index is 702. The van der Waals surface area contributed by atoms with Crippen LogP contribution in [0.25, 0.3) is 0 Å². The predicted molar refractivity (Wildman–Crippen MR) is 99.4 cm³/mol. The number of hydrogen-bond donors (Lipinski definition) is 1. The topological polar surface area (TPSA) is 59.0 Å². The van der Waals surface area contributed by atoms with E-state index >= 15 is 0 Å². The number of carboxylic acid groups (broad SMARTS) is 1. The monoisotopic (exact) mass is 355 g/mol. The van der Waals surface area contributed by atoms with Gasteiger partial charge in [0, 0.05) is 19.1 Å². The lowest BCUT2D eigenvalue weighted by Gasteiger charge is -2.37. The molecular formula is C21H25NO4. The van der Waals surface area contributed by atoms with E-state index in [2.05, 4.69) is 36.1 Å². The second kappa shape index (κ2) is 8.83. The zero-order chi connectivity index (χ0) is 18.4. The van der Waals surface area contributed by atoms with Gasteiger partial charge in [0.15, 0.2) is 6.61 Å². The molecular weight excluding hydrogens is 330 g/mol. The van der Waals surface area contributed by atoms with Crippen molar-refractivity contribution in [1.82, 2.24) is 4.90 Å². The number of benzene rings is 2. The van der Waals surface area contributed by atoms with E-state index in [1.54, 1.807) is 0 Å². The highest BCUT2D eigenvalue weighted by Gasteiger charge is 2.25. The standard InChI is InChI=1S/C21H25NO4/c1-16(13-17-7-9-19(10-8-17)26-15-21(23)24)22-11-12-25-20(14-22)18-5-3-2-4-6-18/h2-10,16,20H,11-15H2,1H3,(H,23,24). The van der Waals surface area contributed by atoms with Gasteiger partial charge >= 0.3 is 5.97 Å². The molecule has 1 fully saturated rings. The van der Waals surface area contributed by atoms with Crippen molar-refractivity contribution >= 4 is 5.97 Å². The van der Waals surface area contributed by atoms with Gasteiger partial charge in [-0.3, -0.25) is 4.90 Å². The van der Waals surface area contributed by atoms with Gasteiger partial charge in [-0.2, -0.15) is 0 Å². The van der Waals surface area contributed by atoms with E-state index in [1.807, 2.05) is 30.3 Å². The van der Waals surface area contributed by atoms with Gasteiger partial charge in [0.25, 0.3) is 0 Å².